The summed E-state index contributed by atoms with van der Waals surface area (Å²) in [6, 6.07) is 6.11. The maximum Gasteiger partial charge on any atom is 0.253 e. The SMILES string of the molecule is Cl.Cl.O=C(c1ccc2c(c1)CCN2)N1CCC2(CCNC2)CC1. The van der Waals surface area contributed by atoms with E-state index in [0.717, 1.165) is 57.5 Å². The topological polar surface area (TPSA) is 44.4 Å². The molecule has 1 spiro atoms. The van der Waals surface area contributed by atoms with Gasteiger partial charge >= 0.3 is 0 Å². The zero-order valence-electron chi connectivity index (χ0n) is 13.3. The fourth-order valence-electron chi connectivity index (χ4n) is 4.03. The summed E-state index contributed by atoms with van der Waals surface area (Å²) >= 11 is 0. The molecule has 0 unspecified atom stereocenters. The smallest absolute Gasteiger partial charge is 0.253 e. The van der Waals surface area contributed by atoms with Crippen molar-refractivity contribution in [3.63, 3.8) is 0 Å². The molecule has 3 heterocycles. The van der Waals surface area contributed by atoms with Crippen molar-refractivity contribution in [3.8, 4) is 0 Å². The van der Waals surface area contributed by atoms with Crippen molar-refractivity contribution in [2.45, 2.75) is 25.7 Å². The quantitative estimate of drug-likeness (QED) is 0.811. The summed E-state index contributed by atoms with van der Waals surface area (Å²) in [5, 5.41) is 6.82. The average Bonchev–Trinajstić information content (AvgIpc) is 3.16. The number of piperidine rings is 1. The Morgan fingerprint density at radius 2 is 1.87 bits per heavy atom. The van der Waals surface area contributed by atoms with E-state index in [2.05, 4.69) is 22.8 Å². The number of benzene rings is 1. The maximum atomic E-state index is 12.7. The third kappa shape index (κ3) is 3.44. The van der Waals surface area contributed by atoms with Crippen molar-refractivity contribution in [2.75, 3.05) is 38.0 Å². The lowest BCUT2D eigenvalue weighted by molar-refractivity contribution is 0.0607. The predicted molar refractivity (Wildman–Crippen MR) is 98.2 cm³/mol. The first-order valence-electron chi connectivity index (χ1n) is 8.13. The summed E-state index contributed by atoms with van der Waals surface area (Å²) < 4.78 is 0. The lowest BCUT2D eigenvalue weighted by atomic mass is 9.78. The Balaban J connectivity index is 0.000000960. The van der Waals surface area contributed by atoms with Gasteiger partial charge in [0.15, 0.2) is 0 Å². The van der Waals surface area contributed by atoms with E-state index >= 15 is 0 Å². The molecule has 4 nitrogen and oxygen atoms in total. The van der Waals surface area contributed by atoms with Gasteiger partial charge in [0, 0.05) is 37.4 Å². The highest BCUT2D eigenvalue weighted by Crippen LogP contribution is 2.37. The first-order valence-corrected chi connectivity index (χ1v) is 8.13. The van der Waals surface area contributed by atoms with E-state index in [1.165, 1.54) is 17.7 Å². The minimum absolute atomic E-state index is 0. The van der Waals surface area contributed by atoms with E-state index in [0.29, 0.717) is 5.41 Å². The molecule has 1 aromatic carbocycles. The number of halogens is 2. The molecule has 0 saturated carbocycles. The third-order valence-corrected chi connectivity index (χ3v) is 5.51. The van der Waals surface area contributed by atoms with Crippen molar-refractivity contribution in [2.24, 2.45) is 5.41 Å². The van der Waals surface area contributed by atoms with Gasteiger partial charge in [-0.15, -0.1) is 24.8 Å². The Bertz CT molecular complexity index is 563. The molecule has 1 aromatic rings. The standard InChI is InChI=1S/C17H23N3O.2ClH/c21-16(14-1-2-15-13(11-14)3-7-19-15)20-9-5-17(6-10-20)4-8-18-12-17;;/h1-2,11,18-19H,3-10,12H2;2*1H. The van der Waals surface area contributed by atoms with Gasteiger partial charge in [-0.05, 0) is 61.4 Å². The van der Waals surface area contributed by atoms with Gasteiger partial charge in [0.2, 0.25) is 0 Å². The van der Waals surface area contributed by atoms with Crippen LogP contribution in [0.5, 0.6) is 0 Å². The maximum absolute atomic E-state index is 12.7. The number of hydrogen-bond acceptors (Lipinski definition) is 3. The summed E-state index contributed by atoms with van der Waals surface area (Å²) in [7, 11) is 0. The largest absolute Gasteiger partial charge is 0.384 e. The fraction of sp³-hybridized carbons (Fsp3) is 0.588. The number of nitrogens with one attached hydrogen (secondary N) is 2. The van der Waals surface area contributed by atoms with E-state index < -0.39 is 0 Å². The van der Waals surface area contributed by atoms with Gasteiger partial charge in [-0.2, -0.15) is 0 Å². The molecule has 1 amide bonds. The van der Waals surface area contributed by atoms with Gasteiger partial charge in [-0.1, -0.05) is 0 Å². The first kappa shape index (κ1) is 18.4. The molecule has 0 bridgehead atoms. The molecule has 128 valence electrons. The van der Waals surface area contributed by atoms with Crippen molar-refractivity contribution in [3.05, 3.63) is 29.3 Å². The highest BCUT2D eigenvalue weighted by molar-refractivity contribution is 5.95. The number of carbonyl (C=O) groups is 1. The normalized spacial score (nSPS) is 21.1. The second-order valence-electron chi connectivity index (χ2n) is 6.77. The molecular weight excluding hydrogens is 333 g/mol. The fourth-order valence-corrected chi connectivity index (χ4v) is 4.03. The summed E-state index contributed by atoms with van der Waals surface area (Å²) in [5.74, 6) is 0.213. The van der Waals surface area contributed by atoms with Gasteiger partial charge in [0.05, 0.1) is 0 Å². The molecule has 23 heavy (non-hydrogen) atoms. The lowest BCUT2D eigenvalue weighted by Crippen LogP contribution is -2.44. The van der Waals surface area contributed by atoms with Crippen LogP contribution in [-0.2, 0) is 6.42 Å². The number of rotatable bonds is 1. The second-order valence-corrected chi connectivity index (χ2v) is 6.77. The Morgan fingerprint density at radius 1 is 1.09 bits per heavy atom. The summed E-state index contributed by atoms with van der Waals surface area (Å²) in [5.41, 5.74) is 3.81. The van der Waals surface area contributed by atoms with Crippen molar-refractivity contribution in [1.29, 1.82) is 0 Å². The number of fused-ring (bicyclic) bond motifs is 1. The van der Waals surface area contributed by atoms with Crippen LogP contribution in [0.4, 0.5) is 5.69 Å². The monoisotopic (exact) mass is 357 g/mol. The van der Waals surface area contributed by atoms with E-state index in [4.69, 9.17) is 0 Å². The molecule has 2 saturated heterocycles. The zero-order valence-corrected chi connectivity index (χ0v) is 14.9. The van der Waals surface area contributed by atoms with Crippen LogP contribution >= 0.6 is 24.8 Å². The highest BCUT2D eigenvalue weighted by atomic mass is 35.5. The molecule has 0 aromatic heterocycles. The van der Waals surface area contributed by atoms with Crippen LogP contribution < -0.4 is 10.6 Å². The van der Waals surface area contributed by atoms with Crippen molar-refractivity contribution in [1.82, 2.24) is 10.2 Å². The van der Waals surface area contributed by atoms with Crippen LogP contribution in [0.3, 0.4) is 0 Å². The van der Waals surface area contributed by atoms with Gasteiger partial charge in [0.1, 0.15) is 0 Å². The molecule has 3 aliphatic rings. The van der Waals surface area contributed by atoms with Crippen molar-refractivity contribution >= 4 is 36.4 Å². The first-order chi connectivity index (χ1) is 10.3. The van der Waals surface area contributed by atoms with Crippen LogP contribution in [0.1, 0.15) is 35.2 Å². The molecule has 2 N–H and O–H groups in total. The van der Waals surface area contributed by atoms with E-state index in [9.17, 15) is 4.79 Å². The molecule has 2 fully saturated rings. The zero-order chi connectivity index (χ0) is 14.3. The van der Waals surface area contributed by atoms with E-state index in [1.54, 1.807) is 0 Å². The number of anilines is 1. The number of hydrogen-bond donors (Lipinski definition) is 2. The Hall–Kier alpha value is -0.970. The van der Waals surface area contributed by atoms with Crippen LogP contribution in [-0.4, -0.2) is 43.5 Å². The number of amides is 1. The number of carbonyl (C=O) groups excluding carboxylic acids is 1. The molecule has 3 aliphatic heterocycles. The number of likely N-dealkylation sites (tertiary alicyclic amines) is 1. The lowest BCUT2D eigenvalue weighted by Gasteiger charge is -2.39. The summed E-state index contributed by atoms with van der Waals surface area (Å²) in [6.07, 6.45) is 4.61. The number of nitrogens with zero attached hydrogens (tertiary/aromatic N) is 1. The van der Waals surface area contributed by atoms with E-state index in [1.807, 2.05) is 11.0 Å². The van der Waals surface area contributed by atoms with Gasteiger partial charge in [-0.25, -0.2) is 0 Å². The minimum Gasteiger partial charge on any atom is -0.384 e. The second kappa shape index (κ2) is 7.29. The molecule has 0 atom stereocenters. The summed E-state index contributed by atoms with van der Waals surface area (Å²) in [4.78, 5) is 14.7. The summed E-state index contributed by atoms with van der Waals surface area (Å²) in [6.45, 7) is 5.10. The van der Waals surface area contributed by atoms with Crippen molar-refractivity contribution < 1.29 is 4.79 Å². The Morgan fingerprint density at radius 3 is 2.57 bits per heavy atom. The molecule has 0 radical (unpaired) electrons. The highest BCUT2D eigenvalue weighted by Gasteiger charge is 2.38. The third-order valence-electron chi connectivity index (χ3n) is 5.51. The van der Waals surface area contributed by atoms with E-state index in [-0.39, 0.29) is 30.7 Å². The van der Waals surface area contributed by atoms with Crippen LogP contribution in [0, 0.1) is 5.41 Å². The van der Waals surface area contributed by atoms with Gasteiger partial charge in [0.25, 0.3) is 5.91 Å². The van der Waals surface area contributed by atoms with Gasteiger partial charge < -0.3 is 15.5 Å². The van der Waals surface area contributed by atoms with Crippen LogP contribution in [0.15, 0.2) is 18.2 Å². The molecule has 0 aliphatic carbocycles. The van der Waals surface area contributed by atoms with Crippen LogP contribution in [0.2, 0.25) is 0 Å². The molecule has 6 heteroatoms. The Labute approximate surface area is 150 Å². The average molecular weight is 358 g/mol. The predicted octanol–water partition coefficient (Wildman–Crippen LogP) is 2.71. The minimum atomic E-state index is 0. The molecular formula is C17H25Cl2N3O. The Kier molecular flexibility index (Phi) is 5.82. The van der Waals surface area contributed by atoms with Crippen LogP contribution in [0.25, 0.3) is 0 Å². The molecule has 4 rings (SSSR count). The van der Waals surface area contributed by atoms with Gasteiger partial charge in [-0.3, -0.25) is 4.79 Å².